The van der Waals surface area contributed by atoms with E-state index in [9.17, 15) is 20.4 Å². The summed E-state index contributed by atoms with van der Waals surface area (Å²) in [4.78, 5) is 7.19. The lowest BCUT2D eigenvalue weighted by Crippen LogP contribution is -2.14. The quantitative estimate of drug-likeness (QED) is 0.174. The summed E-state index contributed by atoms with van der Waals surface area (Å²) >= 11 is 0. The summed E-state index contributed by atoms with van der Waals surface area (Å²) < 4.78 is 0. The molecule has 38 heavy (non-hydrogen) atoms. The van der Waals surface area contributed by atoms with Crippen LogP contribution in [0.2, 0.25) is 0 Å². The zero-order valence-corrected chi connectivity index (χ0v) is 21.4. The first-order valence-corrected chi connectivity index (χ1v) is 12.5. The number of H-pyrrole nitrogens is 1. The predicted molar refractivity (Wildman–Crippen MR) is 149 cm³/mol. The van der Waals surface area contributed by atoms with Gasteiger partial charge >= 0.3 is 0 Å². The molecule has 0 bridgehead atoms. The smallest absolute Gasteiger partial charge is 0.115 e. The van der Waals surface area contributed by atoms with Crippen molar-refractivity contribution in [2.45, 2.75) is 32.1 Å². The molecule has 0 unspecified atom stereocenters. The number of nitrogens with zero attached hydrogens (tertiary/aromatic N) is 1. The first kappa shape index (κ1) is 26.4. The van der Waals surface area contributed by atoms with Crippen LogP contribution in [0.1, 0.15) is 52.5 Å². The number of benzene rings is 4. The van der Waals surface area contributed by atoms with Crippen molar-refractivity contribution in [3.8, 4) is 23.0 Å². The van der Waals surface area contributed by atoms with Crippen LogP contribution < -0.4 is 0 Å². The largest absolute Gasteiger partial charge is 0.508 e. The van der Waals surface area contributed by atoms with Gasteiger partial charge in [-0.3, -0.25) is 0 Å². The van der Waals surface area contributed by atoms with Crippen LogP contribution in [0.3, 0.4) is 0 Å². The fraction of sp³-hybridized carbons (Fsp3) is 0.156. The third kappa shape index (κ3) is 6.53. The van der Waals surface area contributed by atoms with Crippen molar-refractivity contribution < 1.29 is 20.4 Å². The molecule has 6 heteroatoms. The zero-order chi connectivity index (χ0) is 27.1. The molecule has 0 amide bonds. The highest BCUT2D eigenvalue weighted by atomic mass is 16.3. The topological polar surface area (TPSA) is 110 Å². The Morgan fingerprint density at radius 2 is 0.842 bits per heavy atom. The third-order valence-electron chi connectivity index (χ3n) is 6.43. The zero-order valence-electron chi connectivity index (χ0n) is 21.4. The molecule has 0 aliphatic rings. The molecule has 4 aromatic carbocycles. The molecule has 0 spiro atoms. The molecule has 0 radical (unpaired) electrons. The van der Waals surface area contributed by atoms with Crippen LogP contribution in [0.15, 0.2) is 103 Å². The number of aromatic amines is 1. The Kier molecular flexibility index (Phi) is 8.34. The van der Waals surface area contributed by atoms with E-state index in [1.807, 2.05) is 61.7 Å². The second-order valence-electron chi connectivity index (χ2n) is 9.19. The van der Waals surface area contributed by atoms with Gasteiger partial charge in [-0.25, -0.2) is 4.98 Å². The second-order valence-corrected chi connectivity index (χ2v) is 9.19. The highest BCUT2D eigenvalue weighted by molar-refractivity contribution is 5.47. The van der Waals surface area contributed by atoms with Crippen LogP contribution in [0, 0.1) is 6.92 Å². The van der Waals surface area contributed by atoms with E-state index in [4.69, 9.17) is 0 Å². The summed E-state index contributed by atoms with van der Waals surface area (Å²) in [5.41, 5.74) is 5.10. The Balaban J connectivity index is 0.000000360. The molecule has 0 atom stereocenters. The summed E-state index contributed by atoms with van der Waals surface area (Å²) in [6.45, 7) is 4.09. The minimum atomic E-state index is -0.139. The average molecular weight is 509 g/mol. The molecule has 5 N–H and O–H groups in total. The lowest BCUT2D eigenvalue weighted by atomic mass is 9.73. The van der Waals surface area contributed by atoms with Crippen LogP contribution in [0.4, 0.5) is 0 Å². The minimum Gasteiger partial charge on any atom is -0.508 e. The first-order valence-electron chi connectivity index (χ1n) is 12.5. The van der Waals surface area contributed by atoms with E-state index in [2.05, 4.69) is 16.9 Å². The highest BCUT2D eigenvalue weighted by Crippen LogP contribution is 2.44. The Morgan fingerprint density at radius 3 is 1.03 bits per heavy atom. The molecule has 1 heterocycles. The number of aromatic hydroxyl groups is 4. The second kappa shape index (κ2) is 12.0. The van der Waals surface area contributed by atoms with Gasteiger partial charge in [-0.15, -0.1) is 0 Å². The lowest BCUT2D eigenvalue weighted by molar-refractivity contribution is 0.473. The fourth-order valence-corrected chi connectivity index (χ4v) is 4.53. The van der Waals surface area contributed by atoms with E-state index in [1.165, 1.54) is 0 Å². The Labute approximate surface area is 222 Å². The lowest BCUT2D eigenvalue weighted by Gasteiger charge is -2.29. The van der Waals surface area contributed by atoms with Gasteiger partial charge in [0.1, 0.15) is 28.8 Å². The maximum Gasteiger partial charge on any atom is 0.115 e. The molecule has 0 saturated heterocycles. The number of nitrogens with one attached hydrogen (secondary N) is 1. The van der Waals surface area contributed by atoms with E-state index in [0.29, 0.717) is 0 Å². The predicted octanol–water partition coefficient (Wildman–Crippen LogP) is 6.75. The van der Waals surface area contributed by atoms with Crippen LogP contribution in [-0.2, 0) is 6.42 Å². The summed E-state index contributed by atoms with van der Waals surface area (Å²) in [6, 6.07) is 28.4. The van der Waals surface area contributed by atoms with Gasteiger partial charge in [0.05, 0.1) is 0 Å². The normalized spacial score (nSPS) is 10.8. The van der Waals surface area contributed by atoms with Gasteiger partial charge in [0, 0.05) is 30.1 Å². The molecule has 1 aromatic heterocycles. The van der Waals surface area contributed by atoms with Crippen molar-refractivity contribution >= 4 is 0 Å². The number of imidazole rings is 1. The Bertz CT molecular complexity index is 1240. The van der Waals surface area contributed by atoms with E-state index in [0.717, 1.165) is 40.2 Å². The number of rotatable bonds is 6. The monoisotopic (exact) mass is 508 g/mol. The summed E-state index contributed by atoms with van der Waals surface area (Å²) in [7, 11) is 0. The third-order valence-corrected chi connectivity index (χ3v) is 6.43. The minimum absolute atomic E-state index is 0.139. The molecule has 194 valence electrons. The highest BCUT2D eigenvalue weighted by Gasteiger charge is 2.28. The molecule has 5 aromatic rings. The maximum absolute atomic E-state index is 9.79. The van der Waals surface area contributed by atoms with Crippen molar-refractivity contribution in [3.63, 3.8) is 0 Å². The van der Waals surface area contributed by atoms with Gasteiger partial charge in [0.25, 0.3) is 0 Å². The summed E-state index contributed by atoms with van der Waals surface area (Å²) in [5.74, 6) is 1.55. The maximum atomic E-state index is 9.79. The molecule has 0 aliphatic heterocycles. The van der Waals surface area contributed by atoms with Gasteiger partial charge in [-0.2, -0.15) is 0 Å². The summed E-state index contributed by atoms with van der Waals surface area (Å²) in [6.07, 6.45) is 2.84. The van der Waals surface area contributed by atoms with Gasteiger partial charge in [-0.1, -0.05) is 55.5 Å². The molecule has 0 saturated carbocycles. The van der Waals surface area contributed by atoms with E-state index in [1.54, 1.807) is 48.5 Å². The van der Waals surface area contributed by atoms with E-state index in [-0.39, 0.29) is 34.8 Å². The van der Waals surface area contributed by atoms with Crippen molar-refractivity contribution in [2.24, 2.45) is 0 Å². The van der Waals surface area contributed by atoms with E-state index < -0.39 is 0 Å². The number of hydrogen-bond donors (Lipinski definition) is 5. The number of phenolic OH excluding ortho intramolecular Hbond substituents is 4. The van der Waals surface area contributed by atoms with Crippen molar-refractivity contribution in [3.05, 3.63) is 137 Å². The van der Waals surface area contributed by atoms with E-state index >= 15 is 0 Å². The van der Waals surface area contributed by atoms with Gasteiger partial charge in [0.15, 0.2) is 0 Å². The van der Waals surface area contributed by atoms with Crippen molar-refractivity contribution in [2.75, 3.05) is 0 Å². The molecule has 0 aliphatic carbocycles. The Hall–Kier alpha value is -4.71. The number of hydrogen-bond acceptors (Lipinski definition) is 5. The molecular weight excluding hydrogens is 476 g/mol. The molecular formula is C32H32N2O4. The van der Waals surface area contributed by atoms with Gasteiger partial charge in [-0.05, 0) is 77.7 Å². The molecule has 0 fully saturated rings. The number of phenols is 4. The van der Waals surface area contributed by atoms with Gasteiger partial charge < -0.3 is 25.4 Å². The van der Waals surface area contributed by atoms with Crippen LogP contribution in [-0.4, -0.2) is 30.4 Å². The summed E-state index contributed by atoms with van der Waals surface area (Å²) in [5, 5.41) is 39.2. The molecule has 6 nitrogen and oxygen atoms in total. The van der Waals surface area contributed by atoms with Crippen molar-refractivity contribution in [1.82, 2.24) is 9.97 Å². The number of aryl methyl sites for hydroxylation is 2. The van der Waals surface area contributed by atoms with Crippen LogP contribution >= 0.6 is 0 Å². The fourth-order valence-electron chi connectivity index (χ4n) is 4.53. The van der Waals surface area contributed by atoms with Crippen LogP contribution in [0.5, 0.6) is 23.0 Å². The number of aromatic nitrogens is 2. The first-order chi connectivity index (χ1) is 18.3. The van der Waals surface area contributed by atoms with Gasteiger partial charge in [0.2, 0.25) is 0 Å². The standard InChI is InChI=1S/C26H22O4.C6H10N2/c27-21-9-1-17(2-10-21)25(18-3-11-22(28)12-4-18)26(19-5-13-23(29)14-6-19)20-7-15-24(30)16-8-20;1-3-6-7-4-5(2)8-6/h1-16,25-30H;4H,3H2,1-2H3,(H,7,8). The average Bonchev–Trinajstić information content (AvgIpc) is 3.36. The molecule has 5 rings (SSSR count). The van der Waals surface area contributed by atoms with Crippen LogP contribution in [0.25, 0.3) is 0 Å². The van der Waals surface area contributed by atoms with Crippen molar-refractivity contribution in [1.29, 1.82) is 0 Å². The Morgan fingerprint density at radius 1 is 0.553 bits per heavy atom. The SMILES string of the molecule is CCc1ncc(C)[nH]1.Oc1ccc(C(c2ccc(O)cc2)C(c2ccc(O)cc2)c2ccc(O)cc2)cc1.